The molecule has 122 valence electrons. The van der Waals surface area contributed by atoms with Gasteiger partial charge in [0.25, 0.3) is 0 Å². The summed E-state index contributed by atoms with van der Waals surface area (Å²) in [6.07, 6.45) is 3.02. The maximum absolute atomic E-state index is 11.9. The lowest BCUT2D eigenvalue weighted by molar-refractivity contribution is -0.138. The van der Waals surface area contributed by atoms with Crippen molar-refractivity contribution in [3.05, 3.63) is 0 Å². The van der Waals surface area contributed by atoms with Crippen molar-refractivity contribution in [1.29, 1.82) is 0 Å². The van der Waals surface area contributed by atoms with E-state index in [1.54, 1.807) is 4.90 Å². The standard InChI is InChI=1S/C14H27N3O4/c1-2-3-10-21-11-4-5-15-14(20)17-8-6-16(7-9-17)12-13(18)19/h2-12H2,1H3,(H,15,20)(H,18,19). The van der Waals surface area contributed by atoms with E-state index in [1.807, 2.05) is 4.90 Å². The minimum atomic E-state index is -0.823. The van der Waals surface area contributed by atoms with Crippen LogP contribution in [-0.4, -0.2) is 79.4 Å². The van der Waals surface area contributed by atoms with Crippen LogP contribution in [0.2, 0.25) is 0 Å². The van der Waals surface area contributed by atoms with Crippen LogP contribution in [0.1, 0.15) is 26.2 Å². The molecule has 21 heavy (non-hydrogen) atoms. The van der Waals surface area contributed by atoms with E-state index in [2.05, 4.69) is 12.2 Å². The lowest BCUT2D eigenvalue weighted by atomic mass is 10.3. The van der Waals surface area contributed by atoms with Gasteiger partial charge in [-0.25, -0.2) is 4.79 Å². The Kier molecular flexibility index (Phi) is 8.77. The highest BCUT2D eigenvalue weighted by molar-refractivity contribution is 5.74. The number of ether oxygens (including phenoxy) is 1. The summed E-state index contributed by atoms with van der Waals surface area (Å²) in [7, 11) is 0. The number of rotatable bonds is 9. The van der Waals surface area contributed by atoms with E-state index in [-0.39, 0.29) is 12.6 Å². The fraction of sp³-hybridized carbons (Fsp3) is 0.857. The fourth-order valence-corrected chi connectivity index (χ4v) is 2.13. The summed E-state index contributed by atoms with van der Waals surface area (Å²) in [6, 6.07) is -0.0708. The Labute approximate surface area is 126 Å². The predicted octanol–water partition coefficient (Wildman–Crippen LogP) is 0.605. The number of piperazine rings is 1. The number of nitrogens with zero attached hydrogens (tertiary/aromatic N) is 2. The van der Waals surface area contributed by atoms with E-state index >= 15 is 0 Å². The molecule has 7 heteroatoms. The van der Waals surface area contributed by atoms with E-state index < -0.39 is 5.97 Å². The maximum Gasteiger partial charge on any atom is 0.317 e. The molecule has 2 amide bonds. The van der Waals surface area contributed by atoms with Crippen LogP contribution in [0.25, 0.3) is 0 Å². The summed E-state index contributed by atoms with van der Waals surface area (Å²) in [4.78, 5) is 26.1. The van der Waals surface area contributed by atoms with Crippen molar-refractivity contribution in [3.8, 4) is 0 Å². The molecular formula is C14H27N3O4. The van der Waals surface area contributed by atoms with Crippen molar-refractivity contribution in [2.45, 2.75) is 26.2 Å². The molecule has 0 radical (unpaired) electrons. The Bertz CT molecular complexity index is 317. The highest BCUT2D eigenvalue weighted by Gasteiger charge is 2.21. The number of hydrogen-bond acceptors (Lipinski definition) is 4. The third kappa shape index (κ3) is 7.87. The molecule has 1 aliphatic rings. The number of unbranched alkanes of at least 4 members (excludes halogenated alkanes) is 1. The van der Waals surface area contributed by atoms with Gasteiger partial charge in [0.15, 0.2) is 0 Å². The van der Waals surface area contributed by atoms with Gasteiger partial charge in [-0.1, -0.05) is 13.3 Å². The molecule has 0 saturated carbocycles. The SMILES string of the molecule is CCCCOCCCNC(=O)N1CCN(CC(=O)O)CC1. The van der Waals surface area contributed by atoms with Crippen LogP contribution in [0.4, 0.5) is 4.79 Å². The van der Waals surface area contributed by atoms with Crippen molar-refractivity contribution in [1.82, 2.24) is 15.1 Å². The molecular weight excluding hydrogens is 274 g/mol. The van der Waals surface area contributed by atoms with Gasteiger partial charge >= 0.3 is 12.0 Å². The van der Waals surface area contributed by atoms with Gasteiger partial charge in [0.05, 0.1) is 6.54 Å². The van der Waals surface area contributed by atoms with Gasteiger partial charge in [-0.3, -0.25) is 9.69 Å². The van der Waals surface area contributed by atoms with Crippen LogP contribution in [0.15, 0.2) is 0 Å². The normalized spacial score (nSPS) is 16.0. The third-order valence-corrected chi connectivity index (χ3v) is 3.40. The van der Waals surface area contributed by atoms with Crippen LogP contribution < -0.4 is 5.32 Å². The van der Waals surface area contributed by atoms with Crippen LogP contribution in [0, 0.1) is 0 Å². The molecule has 2 N–H and O–H groups in total. The van der Waals surface area contributed by atoms with Gasteiger partial charge in [0.2, 0.25) is 0 Å². The van der Waals surface area contributed by atoms with Crippen LogP contribution >= 0.6 is 0 Å². The molecule has 1 fully saturated rings. The van der Waals surface area contributed by atoms with Gasteiger partial charge in [0.1, 0.15) is 0 Å². The van der Waals surface area contributed by atoms with E-state index in [9.17, 15) is 9.59 Å². The number of carboxylic acids is 1. The lowest BCUT2D eigenvalue weighted by Crippen LogP contribution is -2.52. The molecule has 0 aromatic rings. The first kappa shape index (κ1) is 17.7. The molecule has 1 heterocycles. The average Bonchev–Trinajstić information content (AvgIpc) is 2.46. The van der Waals surface area contributed by atoms with Gasteiger partial charge in [-0.2, -0.15) is 0 Å². The maximum atomic E-state index is 11.9. The second-order valence-corrected chi connectivity index (χ2v) is 5.21. The molecule has 0 aromatic heterocycles. The molecule has 0 aliphatic carbocycles. The van der Waals surface area contributed by atoms with Crippen molar-refractivity contribution in [3.63, 3.8) is 0 Å². The third-order valence-electron chi connectivity index (χ3n) is 3.40. The van der Waals surface area contributed by atoms with Crippen LogP contribution in [-0.2, 0) is 9.53 Å². The van der Waals surface area contributed by atoms with Crippen LogP contribution in [0.5, 0.6) is 0 Å². The lowest BCUT2D eigenvalue weighted by Gasteiger charge is -2.33. The Morgan fingerprint density at radius 3 is 2.43 bits per heavy atom. The Morgan fingerprint density at radius 2 is 1.81 bits per heavy atom. The highest BCUT2D eigenvalue weighted by atomic mass is 16.5. The first-order chi connectivity index (χ1) is 10.1. The Balaban J connectivity index is 2.04. The molecule has 1 aliphatic heterocycles. The average molecular weight is 301 g/mol. The molecule has 0 unspecified atom stereocenters. The molecule has 0 aromatic carbocycles. The largest absolute Gasteiger partial charge is 0.480 e. The van der Waals surface area contributed by atoms with Crippen molar-refractivity contribution < 1.29 is 19.4 Å². The Morgan fingerprint density at radius 1 is 1.14 bits per heavy atom. The van der Waals surface area contributed by atoms with E-state index in [0.717, 1.165) is 25.9 Å². The number of aliphatic carboxylic acids is 1. The number of carbonyl (C=O) groups excluding carboxylic acids is 1. The van der Waals surface area contributed by atoms with Crippen molar-refractivity contribution in [2.24, 2.45) is 0 Å². The summed E-state index contributed by atoms with van der Waals surface area (Å²) in [5, 5.41) is 11.6. The zero-order valence-electron chi connectivity index (χ0n) is 12.8. The molecule has 1 rings (SSSR count). The summed E-state index contributed by atoms with van der Waals surface area (Å²) in [6.45, 7) is 6.62. The Hall–Kier alpha value is -1.34. The number of hydrogen-bond donors (Lipinski definition) is 2. The first-order valence-corrected chi connectivity index (χ1v) is 7.68. The second kappa shape index (κ2) is 10.4. The molecule has 7 nitrogen and oxygen atoms in total. The topological polar surface area (TPSA) is 82.1 Å². The second-order valence-electron chi connectivity index (χ2n) is 5.21. The number of amides is 2. The molecule has 1 saturated heterocycles. The van der Waals surface area contributed by atoms with Crippen LogP contribution in [0.3, 0.4) is 0 Å². The summed E-state index contributed by atoms with van der Waals surface area (Å²) < 4.78 is 5.43. The highest BCUT2D eigenvalue weighted by Crippen LogP contribution is 2.01. The van der Waals surface area contributed by atoms with Gasteiger partial charge in [-0.15, -0.1) is 0 Å². The number of urea groups is 1. The zero-order chi connectivity index (χ0) is 15.5. The summed E-state index contributed by atoms with van der Waals surface area (Å²) in [5.41, 5.74) is 0. The first-order valence-electron chi connectivity index (χ1n) is 7.68. The van der Waals surface area contributed by atoms with E-state index in [1.165, 1.54) is 0 Å². The molecule has 0 atom stereocenters. The zero-order valence-corrected chi connectivity index (χ0v) is 12.8. The number of carbonyl (C=O) groups is 2. The fourth-order valence-electron chi connectivity index (χ4n) is 2.13. The van der Waals surface area contributed by atoms with Crippen molar-refractivity contribution >= 4 is 12.0 Å². The molecule has 0 bridgehead atoms. The predicted molar refractivity (Wildman–Crippen MR) is 79.4 cm³/mol. The monoisotopic (exact) mass is 301 g/mol. The smallest absolute Gasteiger partial charge is 0.317 e. The molecule has 0 spiro atoms. The van der Waals surface area contributed by atoms with Gasteiger partial charge in [-0.05, 0) is 12.8 Å². The van der Waals surface area contributed by atoms with Crippen molar-refractivity contribution in [2.75, 3.05) is 52.5 Å². The minimum absolute atomic E-state index is 0.0462. The number of carboxylic acid groups (broad SMARTS) is 1. The van der Waals surface area contributed by atoms with E-state index in [0.29, 0.717) is 39.3 Å². The van der Waals surface area contributed by atoms with Gasteiger partial charge in [0, 0.05) is 45.9 Å². The summed E-state index contributed by atoms with van der Waals surface area (Å²) >= 11 is 0. The van der Waals surface area contributed by atoms with Gasteiger partial charge < -0.3 is 20.1 Å². The van der Waals surface area contributed by atoms with E-state index in [4.69, 9.17) is 9.84 Å². The summed E-state index contributed by atoms with van der Waals surface area (Å²) in [5.74, 6) is -0.823. The quantitative estimate of drug-likeness (QED) is 0.610. The minimum Gasteiger partial charge on any atom is -0.480 e. The number of nitrogens with one attached hydrogen (secondary N) is 1.